The van der Waals surface area contributed by atoms with Gasteiger partial charge in [-0.1, -0.05) is 12.1 Å². The summed E-state index contributed by atoms with van der Waals surface area (Å²) in [6.07, 6.45) is 3.97. The zero-order valence-electron chi connectivity index (χ0n) is 14.5. The predicted molar refractivity (Wildman–Crippen MR) is 94.1 cm³/mol. The molecule has 0 aliphatic rings. The first kappa shape index (κ1) is 16.3. The highest BCUT2D eigenvalue weighted by Gasteiger charge is 2.11. The highest BCUT2D eigenvalue weighted by atomic mass is 15.2. The number of pyridine rings is 2. The maximum atomic E-state index is 4.64. The predicted octanol–water partition coefficient (Wildman–Crippen LogP) is 3.03. The van der Waals surface area contributed by atoms with Gasteiger partial charge in [0, 0.05) is 49.8 Å². The molecule has 0 fully saturated rings. The molecule has 3 heterocycles. The summed E-state index contributed by atoms with van der Waals surface area (Å²) in [5.41, 5.74) is 5.43. The van der Waals surface area contributed by atoms with Gasteiger partial charge in [0.25, 0.3) is 0 Å². The molecule has 0 saturated carbocycles. The lowest BCUT2D eigenvalue weighted by atomic mass is 10.2. The fourth-order valence-electron chi connectivity index (χ4n) is 2.81. The summed E-state index contributed by atoms with van der Waals surface area (Å²) in [6, 6.07) is 12.3. The maximum absolute atomic E-state index is 4.64. The van der Waals surface area contributed by atoms with Gasteiger partial charge in [0.1, 0.15) is 0 Å². The van der Waals surface area contributed by atoms with Crippen LogP contribution in [0.3, 0.4) is 0 Å². The number of aromatic nitrogens is 4. The van der Waals surface area contributed by atoms with Crippen molar-refractivity contribution in [1.82, 2.24) is 24.6 Å². The molecule has 0 aliphatic carbocycles. The third-order valence-electron chi connectivity index (χ3n) is 3.83. The van der Waals surface area contributed by atoms with E-state index in [4.69, 9.17) is 0 Å². The van der Waals surface area contributed by atoms with Crippen LogP contribution in [0.4, 0.5) is 0 Å². The Morgan fingerprint density at radius 3 is 1.92 bits per heavy atom. The third kappa shape index (κ3) is 4.49. The normalized spacial score (nSPS) is 11.2. The molecular formula is C19H23N5. The molecule has 5 heteroatoms. The van der Waals surface area contributed by atoms with Crippen molar-refractivity contribution in [3.8, 4) is 0 Å². The van der Waals surface area contributed by atoms with Crippen molar-refractivity contribution in [3.63, 3.8) is 0 Å². The van der Waals surface area contributed by atoms with E-state index in [1.54, 1.807) is 0 Å². The van der Waals surface area contributed by atoms with Crippen LogP contribution in [0.15, 0.2) is 48.8 Å². The molecule has 0 bridgehead atoms. The van der Waals surface area contributed by atoms with Crippen molar-refractivity contribution in [2.24, 2.45) is 7.05 Å². The van der Waals surface area contributed by atoms with Gasteiger partial charge in [-0.05, 0) is 38.1 Å². The molecule has 0 unspecified atom stereocenters. The van der Waals surface area contributed by atoms with Gasteiger partial charge in [-0.25, -0.2) is 0 Å². The van der Waals surface area contributed by atoms with E-state index < -0.39 is 0 Å². The molecule has 3 aromatic heterocycles. The van der Waals surface area contributed by atoms with Crippen molar-refractivity contribution >= 4 is 0 Å². The van der Waals surface area contributed by atoms with E-state index in [-0.39, 0.29) is 0 Å². The Hall–Kier alpha value is -2.53. The maximum Gasteiger partial charge on any atom is 0.0547 e. The highest BCUT2D eigenvalue weighted by Crippen LogP contribution is 2.12. The minimum absolute atomic E-state index is 0.784. The smallest absolute Gasteiger partial charge is 0.0547 e. The summed E-state index contributed by atoms with van der Waals surface area (Å²) in [7, 11) is 1.94. The largest absolute Gasteiger partial charge is 0.287 e. The molecular weight excluding hydrogens is 298 g/mol. The van der Waals surface area contributed by atoms with Crippen LogP contribution < -0.4 is 0 Å². The molecule has 0 saturated heterocycles. The number of aryl methyl sites for hydroxylation is 3. The standard InChI is InChI=1S/C19H23N5/c1-15-6-4-8-18(21-15)13-24(12-17-10-20-23(3)11-17)14-19-9-5-7-16(2)22-19/h4-11H,12-14H2,1-3H3. The lowest BCUT2D eigenvalue weighted by molar-refractivity contribution is 0.241. The molecule has 0 N–H and O–H groups in total. The summed E-state index contributed by atoms with van der Waals surface area (Å²) in [5, 5.41) is 4.27. The summed E-state index contributed by atoms with van der Waals surface area (Å²) in [6.45, 7) is 6.44. The molecule has 0 aliphatic heterocycles. The lowest BCUT2D eigenvalue weighted by Crippen LogP contribution is -2.23. The fraction of sp³-hybridized carbons (Fsp3) is 0.316. The van der Waals surface area contributed by atoms with Crippen LogP contribution in [0, 0.1) is 13.8 Å². The zero-order chi connectivity index (χ0) is 16.9. The summed E-state index contributed by atoms with van der Waals surface area (Å²) < 4.78 is 1.84. The van der Waals surface area contributed by atoms with Gasteiger partial charge in [-0.15, -0.1) is 0 Å². The minimum Gasteiger partial charge on any atom is -0.287 e. The van der Waals surface area contributed by atoms with Gasteiger partial charge in [0.2, 0.25) is 0 Å². The van der Waals surface area contributed by atoms with Crippen LogP contribution >= 0.6 is 0 Å². The number of hydrogen-bond donors (Lipinski definition) is 0. The quantitative estimate of drug-likeness (QED) is 0.700. The second-order valence-electron chi connectivity index (χ2n) is 6.21. The second kappa shape index (κ2) is 7.36. The Morgan fingerprint density at radius 1 is 0.875 bits per heavy atom. The van der Waals surface area contributed by atoms with Crippen molar-refractivity contribution in [3.05, 3.63) is 77.1 Å². The first-order valence-corrected chi connectivity index (χ1v) is 8.13. The molecule has 0 aromatic carbocycles. The van der Waals surface area contributed by atoms with Crippen molar-refractivity contribution in [1.29, 1.82) is 0 Å². The lowest BCUT2D eigenvalue weighted by Gasteiger charge is -2.21. The van der Waals surface area contributed by atoms with Gasteiger partial charge >= 0.3 is 0 Å². The summed E-state index contributed by atoms with van der Waals surface area (Å²) >= 11 is 0. The monoisotopic (exact) mass is 321 g/mol. The summed E-state index contributed by atoms with van der Waals surface area (Å²) in [4.78, 5) is 11.6. The first-order chi connectivity index (χ1) is 11.6. The molecule has 0 spiro atoms. The van der Waals surface area contributed by atoms with Crippen LogP contribution in [0.2, 0.25) is 0 Å². The van der Waals surface area contributed by atoms with E-state index in [1.165, 1.54) is 5.56 Å². The second-order valence-corrected chi connectivity index (χ2v) is 6.21. The topological polar surface area (TPSA) is 46.8 Å². The molecule has 3 aromatic rings. The number of hydrogen-bond acceptors (Lipinski definition) is 4. The molecule has 0 radical (unpaired) electrons. The molecule has 3 rings (SSSR count). The van der Waals surface area contributed by atoms with Crippen molar-refractivity contribution in [2.75, 3.05) is 0 Å². The van der Waals surface area contributed by atoms with Crippen molar-refractivity contribution in [2.45, 2.75) is 33.5 Å². The van der Waals surface area contributed by atoms with E-state index in [9.17, 15) is 0 Å². The first-order valence-electron chi connectivity index (χ1n) is 8.13. The van der Waals surface area contributed by atoms with E-state index in [0.717, 1.165) is 42.4 Å². The minimum atomic E-state index is 0.784. The van der Waals surface area contributed by atoms with Crippen LogP contribution in [-0.2, 0) is 26.7 Å². The molecule has 0 atom stereocenters. The Labute approximate surface area is 143 Å². The van der Waals surface area contributed by atoms with Gasteiger partial charge in [-0.2, -0.15) is 5.10 Å². The van der Waals surface area contributed by atoms with Crippen LogP contribution in [0.5, 0.6) is 0 Å². The van der Waals surface area contributed by atoms with Gasteiger partial charge in [-0.3, -0.25) is 19.5 Å². The van der Waals surface area contributed by atoms with Gasteiger partial charge in [0.15, 0.2) is 0 Å². The number of rotatable bonds is 6. The SMILES string of the molecule is Cc1cccc(CN(Cc2cnn(C)c2)Cc2cccc(C)n2)n1. The van der Waals surface area contributed by atoms with E-state index in [2.05, 4.69) is 50.4 Å². The van der Waals surface area contributed by atoms with E-state index in [0.29, 0.717) is 0 Å². The Bertz CT molecular complexity index is 761. The molecule has 124 valence electrons. The van der Waals surface area contributed by atoms with E-state index in [1.807, 2.05) is 43.9 Å². The van der Waals surface area contributed by atoms with Crippen LogP contribution in [0.25, 0.3) is 0 Å². The zero-order valence-corrected chi connectivity index (χ0v) is 14.5. The number of nitrogens with zero attached hydrogens (tertiary/aromatic N) is 5. The Kier molecular flexibility index (Phi) is 5.01. The average molecular weight is 321 g/mol. The molecule has 5 nitrogen and oxygen atoms in total. The molecule has 0 amide bonds. The Balaban J connectivity index is 1.79. The third-order valence-corrected chi connectivity index (χ3v) is 3.83. The molecule has 24 heavy (non-hydrogen) atoms. The van der Waals surface area contributed by atoms with E-state index >= 15 is 0 Å². The van der Waals surface area contributed by atoms with Crippen LogP contribution in [-0.4, -0.2) is 24.6 Å². The van der Waals surface area contributed by atoms with Crippen LogP contribution in [0.1, 0.15) is 28.3 Å². The van der Waals surface area contributed by atoms with Crippen molar-refractivity contribution < 1.29 is 0 Å². The Morgan fingerprint density at radius 2 is 1.46 bits per heavy atom. The van der Waals surface area contributed by atoms with Gasteiger partial charge in [0.05, 0.1) is 17.6 Å². The fourth-order valence-corrected chi connectivity index (χ4v) is 2.81. The summed E-state index contributed by atoms with van der Waals surface area (Å²) in [5.74, 6) is 0. The van der Waals surface area contributed by atoms with Gasteiger partial charge < -0.3 is 0 Å². The average Bonchev–Trinajstić information content (AvgIpc) is 2.92. The highest BCUT2D eigenvalue weighted by molar-refractivity contribution is 5.13.